The molecule has 0 aliphatic heterocycles. The third kappa shape index (κ3) is 3.28. The molecule has 0 saturated carbocycles. The van der Waals surface area contributed by atoms with Crippen molar-refractivity contribution in [1.82, 2.24) is 9.38 Å². The van der Waals surface area contributed by atoms with Gasteiger partial charge >= 0.3 is 6.61 Å². The molecule has 0 spiro atoms. The first-order valence-electron chi connectivity index (χ1n) is 6.42. The van der Waals surface area contributed by atoms with Gasteiger partial charge in [0, 0.05) is 24.1 Å². The third-order valence-electron chi connectivity index (χ3n) is 2.95. The molecule has 3 aromatic rings. The summed E-state index contributed by atoms with van der Waals surface area (Å²) >= 11 is 0. The molecule has 0 aliphatic carbocycles. The molecule has 0 aliphatic rings. The van der Waals surface area contributed by atoms with Gasteiger partial charge in [0.15, 0.2) is 0 Å². The van der Waals surface area contributed by atoms with Crippen LogP contribution in [0.3, 0.4) is 0 Å². The number of hydrogen-bond donors (Lipinski definition) is 1. The van der Waals surface area contributed by atoms with Crippen LogP contribution >= 0.6 is 0 Å². The molecule has 3 rings (SSSR count). The molecule has 21 heavy (non-hydrogen) atoms. The summed E-state index contributed by atoms with van der Waals surface area (Å²) in [6.07, 6.45) is 3.84. The van der Waals surface area contributed by atoms with Crippen LogP contribution < -0.4 is 10.1 Å². The molecule has 6 heteroatoms. The fourth-order valence-electron chi connectivity index (χ4n) is 2.05. The van der Waals surface area contributed by atoms with Gasteiger partial charge in [-0.25, -0.2) is 4.98 Å². The van der Waals surface area contributed by atoms with E-state index in [0.29, 0.717) is 12.2 Å². The molecule has 1 aromatic carbocycles. The molecule has 0 atom stereocenters. The lowest BCUT2D eigenvalue weighted by molar-refractivity contribution is -0.0498. The summed E-state index contributed by atoms with van der Waals surface area (Å²) in [6.45, 7) is -2.32. The van der Waals surface area contributed by atoms with Crippen LogP contribution in [0.5, 0.6) is 5.75 Å². The van der Waals surface area contributed by atoms with Gasteiger partial charge in [0.25, 0.3) is 0 Å². The van der Waals surface area contributed by atoms with Gasteiger partial charge in [-0.15, -0.1) is 0 Å². The van der Waals surface area contributed by atoms with Crippen LogP contribution in [0.1, 0.15) is 5.69 Å². The third-order valence-corrected chi connectivity index (χ3v) is 2.95. The van der Waals surface area contributed by atoms with Gasteiger partial charge < -0.3 is 14.5 Å². The molecular formula is C15H13F2N3O. The van der Waals surface area contributed by atoms with Gasteiger partial charge in [-0.3, -0.25) is 0 Å². The number of nitrogens with zero attached hydrogens (tertiary/aromatic N) is 2. The van der Waals surface area contributed by atoms with Crippen LogP contribution in [0.15, 0.2) is 54.9 Å². The van der Waals surface area contributed by atoms with Crippen LogP contribution in [0, 0.1) is 0 Å². The van der Waals surface area contributed by atoms with Crippen molar-refractivity contribution in [3.05, 3.63) is 60.6 Å². The number of fused-ring (bicyclic) bond motifs is 1. The number of rotatable bonds is 5. The molecule has 2 aromatic heterocycles. The summed E-state index contributed by atoms with van der Waals surface area (Å²) in [6, 6.07) is 12.2. The van der Waals surface area contributed by atoms with E-state index in [-0.39, 0.29) is 5.75 Å². The highest BCUT2D eigenvalue weighted by molar-refractivity contribution is 5.49. The lowest BCUT2D eigenvalue weighted by atomic mass is 10.3. The summed E-state index contributed by atoms with van der Waals surface area (Å²) < 4.78 is 30.6. The molecular weight excluding hydrogens is 276 g/mol. The van der Waals surface area contributed by atoms with Crippen molar-refractivity contribution >= 4 is 11.3 Å². The number of nitrogens with one attached hydrogen (secondary N) is 1. The van der Waals surface area contributed by atoms with E-state index in [1.165, 1.54) is 12.1 Å². The Morgan fingerprint density at radius 3 is 2.90 bits per heavy atom. The Morgan fingerprint density at radius 1 is 1.19 bits per heavy atom. The number of alkyl halides is 2. The zero-order valence-electron chi connectivity index (χ0n) is 11.0. The highest BCUT2D eigenvalue weighted by atomic mass is 19.3. The molecule has 0 unspecified atom stereocenters. The SMILES string of the molecule is FC(F)Oc1cccc(NCc2cn3ccccc3n2)c1. The average Bonchev–Trinajstić information content (AvgIpc) is 2.87. The van der Waals surface area contributed by atoms with E-state index in [4.69, 9.17) is 0 Å². The van der Waals surface area contributed by atoms with E-state index in [2.05, 4.69) is 15.0 Å². The highest BCUT2D eigenvalue weighted by Crippen LogP contribution is 2.19. The van der Waals surface area contributed by atoms with Gasteiger partial charge in [0.1, 0.15) is 11.4 Å². The summed E-state index contributed by atoms with van der Waals surface area (Å²) in [5.74, 6) is 0.130. The van der Waals surface area contributed by atoms with E-state index in [0.717, 1.165) is 11.3 Å². The molecule has 108 valence electrons. The lowest BCUT2D eigenvalue weighted by Crippen LogP contribution is -2.03. The second-order valence-corrected chi connectivity index (χ2v) is 4.46. The number of imidazole rings is 1. The number of aromatic nitrogens is 2. The van der Waals surface area contributed by atoms with Crippen LogP contribution in [0.2, 0.25) is 0 Å². The standard InChI is InChI=1S/C15H13F2N3O/c16-15(17)21-13-5-3-4-11(8-13)18-9-12-10-20-7-2-1-6-14(20)19-12/h1-8,10,15,18H,9H2. The van der Waals surface area contributed by atoms with Crippen LogP contribution in [-0.2, 0) is 6.54 Å². The number of benzene rings is 1. The Bertz CT molecular complexity index is 709. The van der Waals surface area contributed by atoms with Crippen LogP contribution in [0.25, 0.3) is 5.65 Å². The largest absolute Gasteiger partial charge is 0.435 e. The predicted octanol–water partition coefficient (Wildman–Crippen LogP) is 3.55. The van der Waals surface area contributed by atoms with Crippen molar-refractivity contribution in [2.24, 2.45) is 0 Å². The van der Waals surface area contributed by atoms with E-state index >= 15 is 0 Å². The van der Waals surface area contributed by atoms with E-state index < -0.39 is 6.61 Å². The Hall–Kier alpha value is -2.63. The van der Waals surface area contributed by atoms with Gasteiger partial charge in [-0.05, 0) is 24.3 Å². The van der Waals surface area contributed by atoms with Gasteiger partial charge in [0.2, 0.25) is 0 Å². The topological polar surface area (TPSA) is 38.6 Å². The van der Waals surface area contributed by atoms with Crippen molar-refractivity contribution in [2.45, 2.75) is 13.2 Å². The van der Waals surface area contributed by atoms with Crippen molar-refractivity contribution < 1.29 is 13.5 Å². The summed E-state index contributed by atoms with van der Waals surface area (Å²) in [5, 5.41) is 3.13. The Morgan fingerprint density at radius 2 is 2.10 bits per heavy atom. The van der Waals surface area contributed by atoms with Crippen molar-refractivity contribution in [2.75, 3.05) is 5.32 Å². The Kier molecular flexibility index (Phi) is 3.68. The maximum Gasteiger partial charge on any atom is 0.387 e. The quantitative estimate of drug-likeness (QED) is 0.780. The number of halogens is 2. The van der Waals surface area contributed by atoms with Crippen molar-refractivity contribution in [3.63, 3.8) is 0 Å². The maximum atomic E-state index is 12.2. The van der Waals surface area contributed by atoms with Crippen LogP contribution in [0.4, 0.5) is 14.5 Å². The van der Waals surface area contributed by atoms with E-state index in [1.54, 1.807) is 12.1 Å². The van der Waals surface area contributed by atoms with E-state index in [1.807, 2.05) is 35.0 Å². The van der Waals surface area contributed by atoms with Crippen molar-refractivity contribution in [3.8, 4) is 5.75 Å². The van der Waals surface area contributed by atoms with Crippen molar-refractivity contribution in [1.29, 1.82) is 0 Å². The minimum Gasteiger partial charge on any atom is -0.435 e. The van der Waals surface area contributed by atoms with Gasteiger partial charge in [-0.1, -0.05) is 12.1 Å². The molecule has 1 N–H and O–H groups in total. The number of ether oxygens (including phenoxy) is 1. The van der Waals surface area contributed by atoms with E-state index in [9.17, 15) is 8.78 Å². The maximum absolute atomic E-state index is 12.2. The lowest BCUT2D eigenvalue weighted by Gasteiger charge is -2.08. The number of anilines is 1. The van der Waals surface area contributed by atoms with Crippen LogP contribution in [-0.4, -0.2) is 16.0 Å². The average molecular weight is 289 g/mol. The summed E-state index contributed by atoms with van der Waals surface area (Å²) in [5.41, 5.74) is 2.43. The first-order valence-corrected chi connectivity index (χ1v) is 6.42. The number of pyridine rings is 1. The Labute approximate surface area is 120 Å². The highest BCUT2D eigenvalue weighted by Gasteiger charge is 2.05. The Balaban J connectivity index is 1.69. The summed E-state index contributed by atoms with van der Waals surface area (Å²) in [4.78, 5) is 4.45. The minimum atomic E-state index is -2.82. The van der Waals surface area contributed by atoms with Gasteiger partial charge in [0.05, 0.1) is 12.2 Å². The normalized spacial score (nSPS) is 11.0. The monoisotopic (exact) mass is 289 g/mol. The fraction of sp³-hybridized carbons (Fsp3) is 0.133. The second-order valence-electron chi connectivity index (χ2n) is 4.46. The fourth-order valence-corrected chi connectivity index (χ4v) is 2.05. The zero-order valence-corrected chi connectivity index (χ0v) is 11.0. The summed E-state index contributed by atoms with van der Waals surface area (Å²) in [7, 11) is 0. The second kappa shape index (κ2) is 5.78. The molecule has 0 radical (unpaired) electrons. The predicted molar refractivity (Wildman–Crippen MR) is 75.6 cm³/mol. The molecule has 0 saturated heterocycles. The first kappa shape index (κ1) is 13.4. The molecule has 0 bridgehead atoms. The smallest absolute Gasteiger partial charge is 0.387 e. The van der Waals surface area contributed by atoms with Gasteiger partial charge in [-0.2, -0.15) is 8.78 Å². The minimum absolute atomic E-state index is 0.130. The zero-order chi connectivity index (χ0) is 14.7. The molecule has 0 amide bonds. The number of hydrogen-bond acceptors (Lipinski definition) is 3. The first-order chi connectivity index (χ1) is 10.2. The molecule has 2 heterocycles. The molecule has 4 nitrogen and oxygen atoms in total. The molecule has 0 fully saturated rings.